The van der Waals surface area contributed by atoms with Crippen LogP contribution < -0.4 is 5.32 Å². The Morgan fingerprint density at radius 3 is 2.79 bits per heavy atom. The van der Waals surface area contributed by atoms with Gasteiger partial charge in [-0.2, -0.15) is 0 Å². The first-order valence-corrected chi connectivity index (χ1v) is 5.29. The maximum Gasteiger partial charge on any atom is 0.179 e. The Bertz CT molecular complexity index is 148. The highest BCUT2D eigenvalue weighted by Crippen LogP contribution is 2.06. The fraction of sp³-hybridized carbons (Fsp3) is 0.818. The molecule has 0 saturated carbocycles. The number of hydrogen-bond acceptors (Lipinski definition) is 3. The number of hydrogen-bond donors (Lipinski definition) is 1. The van der Waals surface area contributed by atoms with Crippen LogP contribution in [-0.4, -0.2) is 26.4 Å². The van der Waals surface area contributed by atoms with Crippen LogP contribution >= 0.6 is 0 Å². The van der Waals surface area contributed by atoms with Crippen LogP contribution in [0.4, 0.5) is 0 Å². The Balaban J connectivity index is 3.40. The molecular formula is C11H23NO2. The maximum atomic E-state index is 5.54. The van der Waals surface area contributed by atoms with Gasteiger partial charge in [-0.1, -0.05) is 19.8 Å². The summed E-state index contributed by atoms with van der Waals surface area (Å²) < 4.78 is 10.4. The largest absolute Gasteiger partial charge is 0.477 e. The fourth-order valence-corrected chi connectivity index (χ4v) is 1.13. The molecule has 0 spiro atoms. The zero-order valence-electron chi connectivity index (χ0n) is 9.64. The van der Waals surface area contributed by atoms with Gasteiger partial charge in [0.25, 0.3) is 0 Å². The minimum Gasteiger partial charge on any atom is -0.477 e. The van der Waals surface area contributed by atoms with Gasteiger partial charge in [-0.05, 0) is 19.9 Å². The first kappa shape index (κ1) is 13.3. The molecule has 0 saturated heterocycles. The molecular weight excluding hydrogens is 178 g/mol. The van der Waals surface area contributed by atoms with Crippen molar-refractivity contribution >= 4 is 0 Å². The lowest BCUT2D eigenvalue weighted by Crippen LogP contribution is -2.22. The number of rotatable bonds is 9. The molecule has 0 aliphatic heterocycles. The van der Waals surface area contributed by atoms with Crippen LogP contribution in [0.3, 0.4) is 0 Å². The Labute approximate surface area is 87.5 Å². The molecule has 3 nitrogen and oxygen atoms in total. The van der Waals surface area contributed by atoms with E-state index in [9.17, 15) is 0 Å². The molecule has 0 aromatic rings. The van der Waals surface area contributed by atoms with Crippen molar-refractivity contribution in [3.63, 3.8) is 0 Å². The fourth-order valence-electron chi connectivity index (χ4n) is 1.13. The van der Waals surface area contributed by atoms with Gasteiger partial charge in [-0.3, -0.25) is 0 Å². The van der Waals surface area contributed by atoms with Crippen molar-refractivity contribution in [1.29, 1.82) is 0 Å². The average Bonchev–Trinajstić information content (AvgIpc) is 2.15. The summed E-state index contributed by atoms with van der Waals surface area (Å²) in [6, 6.07) is 0. The van der Waals surface area contributed by atoms with Gasteiger partial charge in [-0.15, -0.1) is 0 Å². The van der Waals surface area contributed by atoms with E-state index in [2.05, 4.69) is 25.7 Å². The molecule has 84 valence electrons. The Kier molecular flexibility index (Phi) is 8.43. The van der Waals surface area contributed by atoms with Crippen molar-refractivity contribution in [2.75, 3.05) is 20.3 Å². The summed E-state index contributed by atoms with van der Waals surface area (Å²) in [5.41, 5.74) is 0. The molecule has 3 heteroatoms. The van der Waals surface area contributed by atoms with E-state index >= 15 is 0 Å². The van der Waals surface area contributed by atoms with E-state index in [-0.39, 0.29) is 6.10 Å². The third-order valence-electron chi connectivity index (χ3n) is 1.94. The SMILES string of the molecule is C=C(NCCOC)OC(C)CCCC. The van der Waals surface area contributed by atoms with E-state index in [1.54, 1.807) is 7.11 Å². The molecule has 1 N–H and O–H groups in total. The molecule has 1 atom stereocenters. The van der Waals surface area contributed by atoms with Crippen LogP contribution in [0.5, 0.6) is 0 Å². The summed E-state index contributed by atoms with van der Waals surface area (Å²) in [7, 11) is 1.68. The average molecular weight is 201 g/mol. The number of nitrogens with one attached hydrogen (secondary N) is 1. The van der Waals surface area contributed by atoms with E-state index < -0.39 is 0 Å². The zero-order valence-corrected chi connectivity index (χ0v) is 9.64. The van der Waals surface area contributed by atoms with Gasteiger partial charge in [0.1, 0.15) is 0 Å². The van der Waals surface area contributed by atoms with E-state index in [1.165, 1.54) is 12.8 Å². The van der Waals surface area contributed by atoms with Crippen LogP contribution in [-0.2, 0) is 9.47 Å². The van der Waals surface area contributed by atoms with Crippen molar-refractivity contribution in [3.05, 3.63) is 12.5 Å². The second kappa shape index (κ2) is 8.88. The minimum atomic E-state index is 0.248. The van der Waals surface area contributed by atoms with Crippen molar-refractivity contribution < 1.29 is 9.47 Å². The molecule has 14 heavy (non-hydrogen) atoms. The number of unbranched alkanes of at least 4 members (excludes halogenated alkanes) is 1. The molecule has 0 fully saturated rings. The number of ether oxygens (including phenoxy) is 2. The van der Waals surface area contributed by atoms with E-state index in [0.29, 0.717) is 12.5 Å². The molecule has 0 aromatic carbocycles. The maximum absolute atomic E-state index is 5.54. The molecule has 0 radical (unpaired) electrons. The molecule has 0 rings (SSSR count). The van der Waals surface area contributed by atoms with Crippen molar-refractivity contribution in [2.45, 2.75) is 39.2 Å². The molecule has 0 aromatic heterocycles. The summed E-state index contributed by atoms with van der Waals surface area (Å²) in [5, 5.41) is 3.05. The van der Waals surface area contributed by atoms with Gasteiger partial charge in [0, 0.05) is 13.7 Å². The van der Waals surface area contributed by atoms with E-state index in [1.807, 2.05) is 0 Å². The molecule has 0 aliphatic carbocycles. The third kappa shape index (κ3) is 7.92. The smallest absolute Gasteiger partial charge is 0.179 e. The van der Waals surface area contributed by atoms with Gasteiger partial charge in [-0.25, -0.2) is 0 Å². The standard InChI is InChI=1S/C11H23NO2/c1-5-6-7-10(2)14-11(3)12-8-9-13-4/h10,12H,3,5-9H2,1-2,4H3. The lowest BCUT2D eigenvalue weighted by atomic mass is 10.2. The summed E-state index contributed by atoms with van der Waals surface area (Å²) in [6.45, 7) is 9.45. The Morgan fingerprint density at radius 1 is 1.50 bits per heavy atom. The van der Waals surface area contributed by atoms with Gasteiger partial charge < -0.3 is 14.8 Å². The molecule has 0 amide bonds. The van der Waals surface area contributed by atoms with Crippen LogP contribution in [0.15, 0.2) is 12.5 Å². The third-order valence-corrected chi connectivity index (χ3v) is 1.94. The van der Waals surface area contributed by atoms with Crippen molar-refractivity contribution in [2.24, 2.45) is 0 Å². The molecule has 0 aliphatic rings. The predicted molar refractivity (Wildman–Crippen MR) is 59.1 cm³/mol. The molecule has 1 unspecified atom stereocenters. The normalized spacial score (nSPS) is 12.2. The van der Waals surface area contributed by atoms with Gasteiger partial charge in [0.15, 0.2) is 5.88 Å². The van der Waals surface area contributed by atoms with Crippen molar-refractivity contribution in [3.8, 4) is 0 Å². The monoisotopic (exact) mass is 201 g/mol. The minimum absolute atomic E-state index is 0.248. The highest BCUT2D eigenvalue weighted by molar-refractivity contribution is 4.79. The highest BCUT2D eigenvalue weighted by atomic mass is 16.5. The predicted octanol–water partition coefficient (Wildman–Crippen LogP) is 2.29. The summed E-state index contributed by atoms with van der Waals surface area (Å²) in [5.74, 6) is 0.644. The Morgan fingerprint density at radius 2 is 2.21 bits per heavy atom. The highest BCUT2D eigenvalue weighted by Gasteiger charge is 2.03. The first-order valence-electron chi connectivity index (χ1n) is 5.29. The summed E-state index contributed by atoms with van der Waals surface area (Å²) in [4.78, 5) is 0. The zero-order chi connectivity index (χ0) is 10.8. The lowest BCUT2D eigenvalue weighted by Gasteiger charge is -2.17. The van der Waals surface area contributed by atoms with Crippen LogP contribution in [0.1, 0.15) is 33.1 Å². The van der Waals surface area contributed by atoms with E-state index in [0.717, 1.165) is 13.0 Å². The summed E-state index contributed by atoms with van der Waals surface area (Å²) in [6.07, 6.45) is 3.74. The lowest BCUT2D eigenvalue weighted by molar-refractivity contribution is 0.103. The Hall–Kier alpha value is -0.700. The second-order valence-corrected chi connectivity index (χ2v) is 3.41. The first-order chi connectivity index (χ1) is 6.70. The van der Waals surface area contributed by atoms with Crippen molar-refractivity contribution in [1.82, 2.24) is 5.32 Å². The van der Waals surface area contributed by atoms with Gasteiger partial charge in [0.2, 0.25) is 0 Å². The molecule has 0 heterocycles. The summed E-state index contributed by atoms with van der Waals surface area (Å²) >= 11 is 0. The second-order valence-electron chi connectivity index (χ2n) is 3.41. The van der Waals surface area contributed by atoms with Gasteiger partial charge in [0.05, 0.1) is 12.7 Å². The van der Waals surface area contributed by atoms with Gasteiger partial charge >= 0.3 is 0 Å². The molecule has 0 bridgehead atoms. The van der Waals surface area contributed by atoms with Crippen LogP contribution in [0.25, 0.3) is 0 Å². The topological polar surface area (TPSA) is 30.5 Å². The number of methoxy groups -OCH3 is 1. The quantitative estimate of drug-likeness (QED) is 0.458. The van der Waals surface area contributed by atoms with Crippen LogP contribution in [0, 0.1) is 0 Å². The van der Waals surface area contributed by atoms with E-state index in [4.69, 9.17) is 9.47 Å². The van der Waals surface area contributed by atoms with Crippen LogP contribution in [0.2, 0.25) is 0 Å².